The quantitative estimate of drug-likeness (QED) is 0.661. The Kier molecular flexibility index (Phi) is 4.97. The summed E-state index contributed by atoms with van der Waals surface area (Å²) in [6, 6.07) is 11.9. The van der Waals surface area contributed by atoms with E-state index >= 15 is 0 Å². The Hall–Kier alpha value is -3.91. The molecule has 0 saturated heterocycles. The molecule has 2 N–H and O–H groups in total. The minimum Gasteiger partial charge on any atom is -0.493 e. The molecule has 0 atom stereocenters. The Balaban J connectivity index is 1.41. The van der Waals surface area contributed by atoms with Crippen LogP contribution in [0.4, 0.5) is 11.5 Å². The van der Waals surface area contributed by atoms with Crippen LogP contribution in [0.25, 0.3) is 11.3 Å². The lowest BCUT2D eigenvalue weighted by molar-refractivity contribution is 0.340. The van der Waals surface area contributed by atoms with Gasteiger partial charge in [0.2, 0.25) is 0 Å². The molecular weight excluding hydrogens is 392 g/mol. The van der Waals surface area contributed by atoms with E-state index in [1.165, 1.54) is 0 Å². The highest BCUT2D eigenvalue weighted by atomic mass is 16.5. The highest BCUT2D eigenvalue weighted by Gasteiger charge is 2.25. The fraction of sp³-hybridized carbons (Fsp3) is 0.174. The molecular formula is C23H22N6O2. The average Bonchev–Trinajstić information content (AvgIpc) is 2.96. The predicted octanol–water partition coefficient (Wildman–Crippen LogP) is 3.47. The van der Waals surface area contributed by atoms with E-state index < -0.39 is 0 Å². The van der Waals surface area contributed by atoms with Gasteiger partial charge in [0, 0.05) is 35.6 Å². The van der Waals surface area contributed by atoms with E-state index in [9.17, 15) is 0 Å². The lowest BCUT2D eigenvalue weighted by atomic mass is 10.0. The zero-order valence-electron chi connectivity index (χ0n) is 17.3. The molecule has 0 radical (unpaired) electrons. The van der Waals surface area contributed by atoms with Gasteiger partial charge in [0.05, 0.1) is 38.3 Å². The van der Waals surface area contributed by atoms with Crippen LogP contribution in [-0.4, -0.2) is 42.1 Å². The number of nitrogens with zero attached hydrogens (tertiary/aromatic N) is 4. The first kappa shape index (κ1) is 19.1. The second-order valence-corrected chi connectivity index (χ2v) is 7.17. The largest absolute Gasteiger partial charge is 0.493 e. The van der Waals surface area contributed by atoms with Gasteiger partial charge in [-0.2, -0.15) is 0 Å². The van der Waals surface area contributed by atoms with Crippen LogP contribution in [0.5, 0.6) is 11.5 Å². The standard InChI is InChI=1S/C23H22N6O2/c1-30-20-6-5-15(10-21(20)31-2)11-27-29-13-18-16-7-9-24-12-19(16)28-23-17(4-3-8-25-23)22(18)26-14-29/h3-10,12,14,27H,11,13H2,1-2H3,(H,25,28). The summed E-state index contributed by atoms with van der Waals surface area (Å²) in [5, 5.41) is 5.39. The normalized spacial score (nSPS) is 14.2. The number of nitrogens with one attached hydrogen (secondary N) is 2. The fourth-order valence-electron chi connectivity index (χ4n) is 3.80. The molecule has 2 aliphatic heterocycles. The summed E-state index contributed by atoms with van der Waals surface area (Å²) in [7, 11) is 3.27. The first-order valence-electron chi connectivity index (χ1n) is 9.92. The monoisotopic (exact) mass is 414 g/mol. The van der Waals surface area contributed by atoms with Crippen molar-refractivity contribution in [3.8, 4) is 11.5 Å². The van der Waals surface area contributed by atoms with Gasteiger partial charge in [-0.1, -0.05) is 6.07 Å². The van der Waals surface area contributed by atoms with Gasteiger partial charge in [-0.05, 0) is 35.9 Å². The average molecular weight is 414 g/mol. The lowest BCUT2D eigenvalue weighted by Gasteiger charge is -2.27. The number of hydrogen-bond donors (Lipinski definition) is 2. The van der Waals surface area contributed by atoms with Gasteiger partial charge in [-0.3, -0.25) is 9.99 Å². The van der Waals surface area contributed by atoms with Crippen molar-refractivity contribution >= 4 is 29.1 Å². The number of anilines is 2. The number of pyridine rings is 2. The maximum absolute atomic E-state index is 5.41. The number of benzene rings is 1. The third kappa shape index (κ3) is 3.57. The summed E-state index contributed by atoms with van der Waals surface area (Å²) >= 11 is 0. The van der Waals surface area contributed by atoms with Crippen LogP contribution in [0.2, 0.25) is 0 Å². The number of fused-ring (bicyclic) bond motifs is 4. The molecule has 1 aromatic carbocycles. The van der Waals surface area contributed by atoms with Crippen LogP contribution < -0.4 is 20.2 Å². The van der Waals surface area contributed by atoms with Gasteiger partial charge in [-0.25, -0.2) is 15.4 Å². The number of methoxy groups -OCH3 is 2. The molecule has 5 rings (SSSR count). The smallest absolute Gasteiger partial charge is 0.161 e. The lowest BCUT2D eigenvalue weighted by Crippen LogP contribution is -2.39. The molecule has 2 aromatic heterocycles. The van der Waals surface area contributed by atoms with E-state index in [-0.39, 0.29) is 0 Å². The van der Waals surface area contributed by atoms with Crippen LogP contribution in [-0.2, 0) is 6.54 Å². The van der Waals surface area contributed by atoms with Crippen LogP contribution in [0, 0.1) is 0 Å². The van der Waals surface area contributed by atoms with Crippen LogP contribution in [0.3, 0.4) is 0 Å². The van der Waals surface area contributed by atoms with Crippen molar-refractivity contribution in [3.05, 3.63) is 71.7 Å². The Bertz CT molecular complexity index is 1190. The minimum absolute atomic E-state index is 0.620. The Labute approximate surface area is 180 Å². The van der Waals surface area contributed by atoms with E-state index in [0.29, 0.717) is 24.6 Å². The molecule has 0 bridgehead atoms. The molecule has 0 aliphatic carbocycles. The molecule has 0 fully saturated rings. The van der Waals surface area contributed by atoms with Crippen molar-refractivity contribution in [2.24, 2.45) is 4.99 Å². The number of aromatic nitrogens is 2. The van der Waals surface area contributed by atoms with Crippen LogP contribution in [0.1, 0.15) is 16.7 Å². The molecule has 3 aromatic rings. The summed E-state index contributed by atoms with van der Waals surface area (Å²) in [6.45, 7) is 1.27. The summed E-state index contributed by atoms with van der Waals surface area (Å²) < 4.78 is 10.7. The molecule has 31 heavy (non-hydrogen) atoms. The number of aliphatic imine (C=N–C) groups is 1. The van der Waals surface area contributed by atoms with E-state index in [2.05, 4.69) is 20.7 Å². The first-order chi connectivity index (χ1) is 15.3. The van der Waals surface area contributed by atoms with Crippen molar-refractivity contribution in [1.82, 2.24) is 20.4 Å². The second kappa shape index (κ2) is 8.08. The van der Waals surface area contributed by atoms with E-state index in [1.54, 1.807) is 26.6 Å². The van der Waals surface area contributed by atoms with E-state index in [1.807, 2.05) is 53.9 Å². The van der Waals surface area contributed by atoms with Crippen molar-refractivity contribution in [3.63, 3.8) is 0 Å². The van der Waals surface area contributed by atoms with Crippen molar-refractivity contribution in [2.75, 3.05) is 26.1 Å². The molecule has 4 heterocycles. The molecule has 0 spiro atoms. The molecule has 2 aliphatic rings. The Morgan fingerprint density at radius 3 is 2.84 bits per heavy atom. The predicted molar refractivity (Wildman–Crippen MR) is 120 cm³/mol. The molecule has 0 saturated carbocycles. The van der Waals surface area contributed by atoms with Gasteiger partial charge in [-0.15, -0.1) is 0 Å². The molecule has 0 unspecified atom stereocenters. The Morgan fingerprint density at radius 1 is 1.06 bits per heavy atom. The van der Waals surface area contributed by atoms with Gasteiger partial charge in [0.25, 0.3) is 0 Å². The number of hydrogen-bond acceptors (Lipinski definition) is 8. The van der Waals surface area contributed by atoms with E-state index in [0.717, 1.165) is 39.5 Å². The third-order valence-corrected chi connectivity index (χ3v) is 5.34. The first-order valence-corrected chi connectivity index (χ1v) is 9.92. The van der Waals surface area contributed by atoms with Crippen LogP contribution in [0.15, 0.2) is 60.0 Å². The molecule has 0 amide bonds. The van der Waals surface area contributed by atoms with Crippen molar-refractivity contribution < 1.29 is 9.47 Å². The fourth-order valence-corrected chi connectivity index (χ4v) is 3.80. The van der Waals surface area contributed by atoms with Gasteiger partial charge < -0.3 is 14.8 Å². The zero-order chi connectivity index (χ0) is 21.2. The summed E-state index contributed by atoms with van der Waals surface area (Å²) in [5.41, 5.74) is 9.51. The van der Waals surface area contributed by atoms with Gasteiger partial charge in [0.1, 0.15) is 12.2 Å². The second-order valence-electron chi connectivity index (χ2n) is 7.17. The summed E-state index contributed by atoms with van der Waals surface area (Å²) in [4.78, 5) is 13.5. The van der Waals surface area contributed by atoms with Gasteiger partial charge >= 0.3 is 0 Å². The van der Waals surface area contributed by atoms with Crippen molar-refractivity contribution in [1.29, 1.82) is 0 Å². The number of hydrazine groups is 1. The third-order valence-electron chi connectivity index (χ3n) is 5.34. The zero-order valence-corrected chi connectivity index (χ0v) is 17.3. The summed E-state index contributed by atoms with van der Waals surface area (Å²) in [6.07, 6.45) is 7.22. The number of ether oxygens (including phenoxy) is 2. The highest BCUT2D eigenvalue weighted by molar-refractivity contribution is 6.03. The van der Waals surface area contributed by atoms with Crippen molar-refractivity contribution in [2.45, 2.75) is 6.54 Å². The topological polar surface area (TPSA) is 83.9 Å². The SMILES string of the molecule is COc1ccc(CNN2C=NC3=C(C2)c2ccncc2Nc2ncccc23)cc1OC. The minimum atomic E-state index is 0.620. The molecule has 156 valence electrons. The maximum atomic E-state index is 5.41. The van der Waals surface area contributed by atoms with Crippen LogP contribution >= 0.6 is 0 Å². The Morgan fingerprint density at radius 2 is 1.97 bits per heavy atom. The number of rotatable bonds is 5. The van der Waals surface area contributed by atoms with E-state index in [4.69, 9.17) is 14.5 Å². The molecule has 8 nitrogen and oxygen atoms in total. The van der Waals surface area contributed by atoms with Gasteiger partial charge in [0.15, 0.2) is 11.5 Å². The highest BCUT2D eigenvalue weighted by Crippen LogP contribution is 2.40. The molecule has 8 heteroatoms. The maximum Gasteiger partial charge on any atom is 0.161 e. The summed E-state index contributed by atoms with van der Waals surface area (Å²) in [5.74, 6) is 2.20.